The topological polar surface area (TPSA) is 52.6 Å². The molecular weight excluding hydrogens is 274 g/mol. The molecule has 0 bridgehead atoms. The van der Waals surface area contributed by atoms with Crippen LogP contribution in [-0.4, -0.2) is 55.6 Å². The Labute approximate surface area is 134 Å². The molecule has 0 spiro atoms. The number of guanidine groups is 1. The lowest BCUT2D eigenvalue weighted by atomic mass is 10.2. The van der Waals surface area contributed by atoms with Gasteiger partial charge in [0, 0.05) is 37.4 Å². The molecule has 1 fully saturated rings. The molecule has 5 nitrogen and oxygen atoms in total. The Kier molecular flexibility index (Phi) is 6.65. The predicted molar refractivity (Wildman–Crippen MR) is 92.1 cm³/mol. The molecule has 1 aromatic heterocycles. The van der Waals surface area contributed by atoms with E-state index in [-0.39, 0.29) is 0 Å². The number of likely N-dealkylation sites (N-methyl/N-ethyl adjacent to an activating group) is 1. The molecule has 1 atom stereocenters. The highest BCUT2D eigenvalue weighted by atomic mass is 15.2. The zero-order valence-electron chi connectivity index (χ0n) is 14.0. The quantitative estimate of drug-likeness (QED) is 0.565. The van der Waals surface area contributed by atoms with E-state index in [1.54, 1.807) is 0 Å². The first kappa shape index (κ1) is 16.7. The number of pyridine rings is 1. The summed E-state index contributed by atoms with van der Waals surface area (Å²) in [4.78, 5) is 11.4. The average molecular weight is 303 g/mol. The molecule has 0 aliphatic heterocycles. The molecule has 22 heavy (non-hydrogen) atoms. The van der Waals surface area contributed by atoms with Gasteiger partial charge in [0.2, 0.25) is 0 Å². The maximum atomic E-state index is 4.76. The Bertz CT molecular complexity index is 451. The summed E-state index contributed by atoms with van der Waals surface area (Å²) in [7, 11) is 4.31. The molecule has 1 aromatic rings. The lowest BCUT2D eigenvalue weighted by Gasteiger charge is -2.22. The number of rotatable bonds is 8. The minimum atomic E-state index is 0.561. The van der Waals surface area contributed by atoms with E-state index in [1.165, 1.54) is 12.8 Å². The summed E-state index contributed by atoms with van der Waals surface area (Å²) in [5.41, 5.74) is 1.11. The molecule has 0 radical (unpaired) electrons. The molecule has 2 rings (SSSR count). The zero-order chi connectivity index (χ0) is 15.8. The summed E-state index contributed by atoms with van der Waals surface area (Å²) in [5.74, 6) is 1.74. The fraction of sp³-hybridized carbons (Fsp3) is 0.647. The van der Waals surface area contributed by atoms with Crippen molar-refractivity contribution < 1.29 is 0 Å². The molecule has 0 amide bonds. The van der Waals surface area contributed by atoms with Crippen molar-refractivity contribution in [1.82, 2.24) is 20.5 Å². The maximum absolute atomic E-state index is 4.76. The van der Waals surface area contributed by atoms with Gasteiger partial charge in [-0.3, -0.25) is 9.98 Å². The van der Waals surface area contributed by atoms with E-state index in [1.807, 2.05) is 18.3 Å². The van der Waals surface area contributed by atoms with Gasteiger partial charge in [-0.2, -0.15) is 0 Å². The summed E-state index contributed by atoms with van der Waals surface area (Å²) in [6, 6.07) is 6.59. The van der Waals surface area contributed by atoms with Crippen molar-refractivity contribution in [3.05, 3.63) is 30.1 Å². The second kappa shape index (κ2) is 8.73. The van der Waals surface area contributed by atoms with Crippen molar-refractivity contribution in [3.63, 3.8) is 0 Å². The third kappa shape index (κ3) is 5.64. The number of nitrogens with one attached hydrogen (secondary N) is 2. The Balaban J connectivity index is 1.81. The largest absolute Gasteiger partial charge is 0.357 e. The maximum Gasteiger partial charge on any atom is 0.191 e. The third-order valence-corrected chi connectivity index (χ3v) is 4.01. The standard InChI is InChI=1S/C17H29N5/c1-4-18-17(20-12-10-15-7-5-6-11-19-15)21-13-16(22(2)3)14-8-9-14/h5-7,11,14,16H,4,8-10,12-13H2,1-3H3,(H2,18,20,21). The number of aliphatic imine (C=N–C) groups is 1. The van der Waals surface area contributed by atoms with Crippen LogP contribution in [0.4, 0.5) is 0 Å². The minimum Gasteiger partial charge on any atom is -0.357 e. The lowest BCUT2D eigenvalue weighted by molar-refractivity contribution is 0.271. The Hall–Kier alpha value is -1.62. The van der Waals surface area contributed by atoms with Crippen LogP contribution in [0.2, 0.25) is 0 Å². The normalized spacial score (nSPS) is 16.6. The second-order valence-corrected chi connectivity index (χ2v) is 6.09. The van der Waals surface area contributed by atoms with Gasteiger partial charge in [-0.15, -0.1) is 0 Å². The number of nitrogens with zero attached hydrogens (tertiary/aromatic N) is 3. The monoisotopic (exact) mass is 303 g/mol. The van der Waals surface area contributed by atoms with Crippen LogP contribution in [0.15, 0.2) is 29.4 Å². The second-order valence-electron chi connectivity index (χ2n) is 6.09. The highest BCUT2D eigenvalue weighted by molar-refractivity contribution is 5.79. The molecule has 0 aromatic carbocycles. The van der Waals surface area contributed by atoms with E-state index in [0.29, 0.717) is 6.04 Å². The fourth-order valence-corrected chi connectivity index (χ4v) is 2.60. The Morgan fingerprint density at radius 3 is 2.77 bits per heavy atom. The molecule has 1 unspecified atom stereocenters. The first-order valence-corrected chi connectivity index (χ1v) is 8.29. The first-order valence-electron chi connectivity index (χ1n) is 8.29. The van der Waals surface area contributed by atoms with Crippen LogP contribution in [0.25, 0.3) is 0 Å². The van der Waals surface area contributed by atoms with E-state index < -0.39 is 0 Å². The van der Waals surface area contributed by atoms with Crippen molar-refractivity contribution in [3.8, 4) is 0 Å². The Morgan fingerprint density at radius 2 is 2.18 bits per heavy atom. The molecule has 1 aliphatic rings. The fourth-order valence-electron chi connectivity index (χ4n) is 2.60. The van der Waals surface area contributed by atoms with Crippen molar-refractivity contribution in [2.75, 3.05) is 33.7 Å². The molecule has 1 saturated carbocycles. The first-order chi connectivity index (χ1) is 10.7. The molecule has 1 aliphatic carbocycles. The lowest BCUT2D eigenvalue weighted by Crippen LogP contribution is -2.40. The van der Waals surface area contributed by atoms with Gasteiger partial charge in [0.25, 0.3) is 0 Å². The summed E-state index contributed by atoms with van der Waals surface area (Å²) in [6.45, 7) is 4.68. The van der Waals surface area contributed by atoms with Gasteiger partial charge in [-0.05, 0) is 51.9 Å². The third-order valence-electron chi connectivity index (χ3n) is 4.01. The van der Waals surface area contributed by atoms with Crippen LogP contribution in [-0.2, 0) is 6.42 Å². The molecule has 2 N–H and O–H groups in total. The van der Waals surface area contributed by atoms with E-state index in [4.69, 9.17) is 4.99 Å². The summed E-state index contributed by atoms with van der Waals surface area (Å²) in [5, 5.41) is 6.73. The molecule has 122 valence electrons. The van der Waals surface area contributed by atoms with Gasteiger partial charge in [-0.1, -0.05) is 6.07 Å². The smallest absolute Gasteiger partial charge is 0.191 e. The molecule has 5 heteroatoms. The molecular formula is C17H29N5. The number of aromatic nitrogens is 1. The van der Waals surface area contributed by atoms with Gasteiger partial charge in [0.05, 0.1) is 6.54 Å². The van der Waals surface area contributed by atoms with Crippen molar-refractivity contribution in [2.45, 2.75) is 32.2 Å². The molecule has 1 heterocycles. The van der Waals surface area contributed by atoms with Gasteiger partial charge in [0.15, 0.2) is 5.96 Å². The molecule has 0 saturated heterocycles. The number of hydrogen-bond donors (Lipinski definition) is 2. The summed E-state index contributed by atoms with van der Waals surface area (Å²) in [6.07, 6.45) is 5.45. The summed E-state index contributed by atoms with van der Waals surface area (Å²) >= 11 is 0. The van der Waals surface area contributed by atoms with Gasteiger partial charge < -0.3 is 15.5 Å². The summed E-state index contributed by atoms with van der Waals surface area (Å²) < 4.78 is 0. The van der Waals surface area contributed by atoms with Crippen LogP contribution in [0.1, 0.15) is 25.5 Å². The van der Waals surface area contributed by atoms with Crippen molar-refractivity contribution in [2.24, 2.45) is 10.9 Å². The van der Waals surface area contributed by atoms with E-state index in [2.05, 4.69) is 47.6 Å². The van der Waals surface area contributed by atoms with Crippen LogP contribution < -0.4 is 10.6 Å². The van der Waals surface area contributed by atoms with Crippen LogP contribution in [0, 0.1) is 5.92 Å². The van der Waals surface area contributed by atoms with Crippen molar-refractivity contribution >= 4 is 5.96 Å². The number of hydrogen-bond acceptors (Lipinski definition) is 3. The highest BCUT2D eigenvalue weighted by Crippen LogP contribution is 2.34. The van der Waals surface area contributed by atoms with Crippen LogP contribution in [0.3, 0.4) is 0 Å². The van der Waals surface area contributed by atoms with E-state index >= 15 is 0 Å². The predicted octanol–water partition coefficient (Wildman–Crippen LogP) is 1.52. The highest BCUT2D eigenvalue weighted by Gasteiger charge is 2.32. The average Bonchev–Trinajstić information content (AvgIpc) is 3.33. The van der Waals surface area contributed by atoms with Gasteiger partial charge in [0.1, 0.15) is 0 Å². The Morgan fingerprint density at radius 1 is 1.36 bits per heavy atom. The van der Waals surface area contributed by atoms with Gasteiger partial charge >= 0.3 is 0 Å². The minimum absolute atomic E-state index is 0.561. The van der Waals surface area contributed by atoms with Crippen molar-refractivity contribution in [1.29, 1.82) is 0 Å². The SMILES string of the molecule is CCNC(=NCC(C1CC1)N(C)C)NCCc1ccccn1. The van der Waals surface area contributed by atoms with E-state index in [0.717, 1.165) is 43.6 Å². The van der Waals surface area contributed by atoms with E-state index in [9.17, 15) is 0 Å². The van der Waals surface area contributed by atoms with Crippen LogP contribution in [0.5, 0.6) is 0 Å². The van der Waals surface area contributed by atoms with Gasteiger partial charge in [-0.25, -0.2) is 0 Å². The van der Waals surface area contributed by atoms with Crippen LogP contribution >= 0.6 is 0 Å². The zero-order valence-corrected chi connectivity index (χ0v) is 14.0.